The lowest BCUT2D eigenvalue weighted by atomic mass is 10.1. The Morgan fingerprint density at radius 3 is 2.61 bits per heavy atom. The molecule has 126 valence electrons. The molecule has 2 unspecified atom stereocenters. The van der Waals surface area contributed by atoms with Gasteiger partial charge in [0.05, 0.1) is 17.7 Å². The van der Waals surface area contributed by atoms with Crippen LogP contribution in [0, 0.1) is 11.3 Å². The Balaban J connectivity index is 2.18. The molecule has 1 heterocycles. The first-order valence-electron chi connectivity index (χ1n) is 6.99. The van der Waals surface area contributed by atoms with Crippen LogP contribution >= 0.6 is 15.9 Å². The molecule has 2 atom stereocenters. The van der Waals surface area contributed by atoms with Crippen LogP contribution in [0.3, 0.4) is 0 Å². The Labute approximate surface area is 139 Å². The minimum Gasteiger partial charge on any atom is -0.466 e. The number of nitrogens with one attached hydrogen (secondary N) is 1. The number of H-pyrrole nitrogens is 1. The highest BCUT2D eigenvalue weighted by Crippen LogP contribution is 2.54. The van der Waals surface area contributed by atoms with E-state index >= 15 is 0 Å². The van der Waals surface area contributed by atoms with Crippen LogP contribution in [0.25, 0.3) is 0 Å². The van der Waals surface area contributed by atoms with Crippen molar-refractivity contribution in [2.45, 2.75) is 26.8 Å². The number of carbonyl (C=O) groups excluding carboxylic acids is 2. The van der Waals surface area contributed by atoms with Gasteiger partial charge in [0.1, 0.15) is 0 Å². The van der Waals surface area contributed by atoms with E-state index in [9.17, 15) is 19.2 Å². The third kappa shape index (κ3) is 4.31. The third-order valence-electron chi connectivity index (χ3n) is 3.86. The first kappa shape index (κ1) is 17.5. The molecule has 1 aliphatic carbocycles. The lowest BCUT2D eigenvalue weighted by Gasteiger charge is -2.18. The van der Waals surface area contributed by atoms with Gasteiger partial charge in [-0.2, -0.15) is 0 Å². The molecule has 1 aromatic rings. The number of hydrogen-bond acceptors (Lipinski definition) is 6. The molecule has 0 amide bonds. The van der Waals surface area contributed by atoms with Crippen LogP contribution in [0.1, 0.15) is 20.3 Å². The van der Waals surface area contributed by atoms with Gasteiger partial charge in [0, 0.05) is 37.9 Å². The van der Waals surface area contributed by atoms with Gasteiger partial charge in [0.25, 0.3) is 5.56 Å². The first-order chi connectivity index (χ1) is 10.7. The average Bonchev–Trinajstić information content (AvgIpc) is 3.14. The van der Waals surface area contributed by atoms with Crippen molar-refractivity contribution in [3.63, 3.8) is 0 Å². The number of esters is 2. The topological polar surface area (TPSA) is 107 Å². The second kappa shape index (κ2) is 6.69. The van der Waals surface area contributed by atoms with Gasteiger partial charge in [0.2, 0.25) is 0 Å². The highest BCUT2D eigenvalue weighted by atomic mass is 79.9. The van der Waals surface area contributed by atoms with Crippen molar-refractivity contribution < 1.29 is 19.1 Å². The molecule has 9 heteroatoms. The summed E-state index contributed by atoms with van der Waals surface area (Å²) in [7, 11) is 0. The molecule has 8 nitrogen and oxygen atoms in total. The number of rotatable bonds is 6. The maximum atomic E-state index is 11.9. The Hall–Kier alpha value is -1.90. The molecule has 1 aliphatic rings. The summed E-state index contributed by atoms with van der Waals surface area (Å²) in [4.78, 5) is 47.5. The molecule has 1 aromatic heterocycles. The van der Waals surface area contributed by atoms with E-state index in [4.69, 9.17) is 9.47 Å². The SMILES string of the molecule is CC(=O)OCC1CC1(COC(C)=O)Cn1cc(Br)c(=O)[nH]c1=O. The van der Waals surface area contributed by atoms with Gasteiger partial charge in [-0.25, -0.2) is 4.79 Å². The van der Waals surface area contributed by atoms with Crippen LogP contribution in [0.5, 0.6) is 0 Å². The molecule has 23 heavy (non-hydrogen) atoms. The highest BCUT2D eigenvalue weighted by Gasteiger charge is 2.56. The van der Waals surface area contributed by atoms with Crippen molar-refractivity contribution in [3.05, 3.63) is 31.5 Å². The lowest BCUT2D eigenvalue weighted by molar-refractivity contribution is -0.145. The molecule has 0 aliphatic heterocycles. The summed E-state index contributed by atoms with van der Waals surface area (Å²) in [6.45, 7) is 3.20. The maximum absolute atomic E-state index is 11.9. The van der Waals surface area contributed by atoms with Crippen molar-refractivity contribution in [2.75, 3.05) is 13.2 Å². The van der Waals surface area contributed by atoms with E-state index in [0.717, 1.165) is 0 Å². The molecular formula is C14H17BrN2O6. The van der Waals surface area contributed by atoms with E-state index in [1.54, 1.807) is 0 Å². The zero-order valence-electron chi connectivity index (χ0n) is 12.8. The number of carbonyl (C=O) groups is 2. The fraction of sp³-hybridized carbons (Fsp3) is 0.571. The van der Waals surface area contributed by atoms with Gasteiger partial charge in [-0.3, -0.25) is 23.9 Å². The molecule has 1 fully saturated rings. The van der Waals surface area contributed by atoms with Crippen molar-refractivity contribution >= 4 is 27.9 Å². The van der Waals surface area contributed by atoms with Crippen LogP contribution in [-0.4, -0.2) is 34.7 Å². The summed E-state index contributed by atoms with van der Waals surface area (Å²) in [5.74, 6) is -0.817. The Kier molecular flexibility index (Phi) is 5.08. The maximum Gasteiger partial charge on any atom is 0.328 e. The average molecular weight is 389 g/mol. The number of nitrogens with zero attached hydrogens (tertiary/aromatic N) is 1. The van der Waals surface area contributed by atoms with Gasteiger partial charge in [-0.15, -0.1) is 0 Å². The number of hydrogen-bond donors (Lipinski definition) is 1. The van der Waals surface area contributed by atoms with Gasteiger partial charge in [0.15, 0.2) is 0 Å². The zero-order valence-corrected chi connectivity index (χ0v) is 14.3. The smallest absolute Gasteiger partial charge is 0.328 e. The van der Waals surface area contributed by atoms with Crippen molar-refractivity contribution in [1.29, 1.82) is 0 Å². The van der Waals surface area contributed by atoms with E-state index in [-0.39, 0.29) is 36.1 Å². The van der Waals surface area contributed by atoms with Gasteiger partial charge < -0.3 is 9.47 Å². The van der Waals surface area contributed by atoms with Crippen molar-refractivity contribution in [1.82, 2.24) is 9.55 Å². The first-order valence-corrected chi connectivity index (χ1v) is 7.79. The molecule has 1 saturated carbocycles. The summed E-state index contributed by atoms with van der Waals surface area (Å²) >= 11 is 3.08. The number of halogens is 1. The van der Waals surface area contributed by atoms with Crippen molar-refractivity contribution in [2.24, 2.45) is 11.3 Å². The Morgan fingerprint density at radius 1 is 1.35 bits per heavy atom. The standard InChI is InChI=1S/C14H17BrN2O6/c1-8(18)22-5-10-3-14(10,7-23-9(2)19)6-17-4-11(15)12(20)16-13(17)21/h4,10H,3,5-7H2,1-2H3,(H,16,20,21). The van der Waals surface area contributed by atoms with E-state index < -0.39 is 22.6 Å². The predicted molar refractivity (Wildman–Crippen MR) is 82.8 cm³/mol. The molecule has 0 radical (unpaired) electrons. The molecular weight excluding hydrogens is 372 g/mol. The molecule has 0 aromatic carbocycles. The van der Waals surface area contributed by atoms with E-state index in [2.05, 4.69) is 20.9 Å². The zero-order chi connectivity index (χ0) is 17.2. The van der Waals surface area contributed by atoms with Gasteiger partial charge in [-0.1, -0.05) is 0 Å². The van der Waals surface area contributed by atoms with E-state index in [0.29, 0.717) is 6.42 Å². The Bertz CT molecular complexity index is 740. The van der Waals surface area contributed by atoms with E-state index in [1.165, 1.54) is 24.6 Å². The minimum atomic E-state index is -0.543. The fourth-order valence-corrected chi connectivity index (χ4v) is 2.83. The molecule has 2 rings (SSSR count). The third-order valence-corrected chi connectivity index (χ3v) is 4.43. The summed E-state index contributed by atoms with van der Waals surface area (Å²) in [6, 6.07) is 0. The lowest BCUT2D eigenvalue weighted by Crippen LogP contribution is -2.34. The summed E-state index contributed by atoms with van der Waals surface area (Å²) in [6.07, 6.45) is 2.05. The van der Waals surface area contributed by atoms with Crippen molar-refractivity contribution in [3.8, 4) is 0 Å². The number of aromatic nitrogens is 2. The Morgan fingerprint density at radius 2 is 2.00 bits per heavy atom. The van der Waals surface area contributed by atoms with Crippen LogP contribution in [-0.2, 0) is 25.6 Å². The second-order valence-corrected chi connectivity index (χ2v) is 6.56. The summed E-state index contributed by atoms with van der Waals surface area (Å²) in [5.41, 5.74) is -1.53. The number of ether oxygens (including phenoxy) is 2. The van der Waals surface area contributed by atoms with Crippen LogP contribution in [0.15, 0.2) is 20.3 Å². The highest BCUT2D eigenvalue weighted by molar-refractivity contribution is 9.10. The predicted octanol–water partition coefficient (Wildman–Crippen LogP) is 0.432. The van der Waals surface area contributed by atoms with Gasteiger partial charge in [-0.05, 0) is 22.4 Å². The summed E-state index contributed by atoms with van der Waals surface area (Å²) < 4.78 is 11.7. The molecule has 1 N–H and O–H groups in total. The van der Waals surface area contributed by atoms with E-state index in [1.807, 2.05) is 0 Å². The largest absolute Gasteiger partial charge is 0.466 e. The molecule has 0 saturated heterocycles. The second-order valence-electron chi connectivity index (χ2n) is 5.71. The molecule has 0 bridgehead atoms. The monoisotopic (exact) mass is 388 g/mol. The minimum absolute atomic E-state index is 0.0108. The van der Waals surface area contributed by atoms with Crippen LogP contribution in [0.4, 0.5) is 0 Å². The fourth-order valence-electron chi connectivity index (χ4n) is 2.49. The quantitative estimate of drug-likeness (QED) is 0.708. The van der Waals surface area contributed by atoms with Crippen LogP contribution in [0.2, 0.25) is 0 Å². The summed E-state index contributed by atoms with van der Waals surface area (Å²) in [5, 5.41) is 0. The van der Waals surface area contributed by atoms with Crippen LogP contribution < -0.4 is 11.2 Å². The number of aromatic amines is 1. The normalized spacial score (nSPS) is 22.5. The van der Waals surface area contributed by atoms with Gasteiger partial charge >= 0.3 is 17.6 Å². The molecule has 0 spiro atoms.